The number of carbonyl (C=O) groups is 2. The number of likely N-dealkylation sites (tertiary alicyclic amines) is 1. The van der Waals surface area contributed by atoms with Crippen LogP contribution in [0.2, 0.25) is 0 Å². The van der Waals surface area contributed by atoms with Crippen molar-refractivity contribution < 1.29 is 14.3 Å². The lowest BCUT2D eigenvalue weighted by Gasteiger charge is -2.32. The maximum atomic E-state index is 12.4. The third-order valence-corrected chi connectivity index (χ3v) is 5.00. The summed E-state index contributed by atoms with van der Waals surface area (Å²) in [6.07, 6.45) is 1.70. The highest BCUT2D eigenvalue weighted by Gasteiger charge is 2.20. The van der Waals surface area contributed by atoms with Crippen molar-refractivity contribution in [1.82, 2.24) is 15.5 Å². The Balaban J connectivity index is 0.00000320. The molecule has 0 aliphatic carbocycles. The maximum absolute atomic E-state index is 12.4. The minimum atomic E-state index is -0.489. The fourth-order valence-corrected chi connectivity index (χ4v) is 3.55. The molecule has 0 radical (unpaired) electrons. The van der Waals surface area contributed by atoms with E-state index in [0.29, 0.717) is 12.3 Å². The molecule has 1 heterocycles. The van der Waals surface area contributed by atoms with E-state index in [1.165, 1.54) is 5.56 Å². The normalized spacial score (nSPS) is 14.4. The Bertz CT molecular complexity index is 808. The summed E-state index contributed by atoms with van der Waals surface area (Å²) in [4.78, 5) is 26.4. The van der Waals surface area contributed by atoms with Gasteiger partial charge in [-0.1, -0.05) is 42.5 Å². The van der Waals surface area contributed by atoms with Crippen molar-refractivity contribution in [2.45, 2.75) is 38.8 Å². The fraction of sp³-hybridized carbons (Fsp3) is 0.391. The minimum Gasteiger partial charge on any atom is -0.410 e. The van der Waals surface area contributed by atoms with E-state index in [-0.39, 0.29) is 30.8 Å². The monoisotopic (exact) mass is 431 g/mol. The molecule has 2 aromatic rings. The molecule has 1 saturated heterocycles. The molecule has 0 saturated carbocycles. The number of rotatable bonds is 7. The molecule has 30 heavy (non-hydrogen) atoms. The summed E-state index contributed by atoms with van der Waals surface area (Å²) in [5.74, 6) is 0.442. The second-order valence-electron chi connectivity index (χ2n) is 7.35. The summed E-state index contributed by atoms with van der Waals surface area (Å²) >= 11 is 0. The lowest BCUT2D eigenvalue weighted by atomic mass is 10.0. The van der Waals surface area contributed by atoms with Gasteiger partial charge in [0, 0.05) is 32.2 Å². The second kappa shape index (κ2) is 12.2. The summed E-state index contributed by atoms with van der Waals surface area (Å²) in [6, 6.07) is 17.8. The van der Waals surface area contributed by atoms with Gasteiger partial charge in [0.05, 0.1) is 6.42 Å². The summed E-state index contributed by atoms with van der Waals surface area (Å²) < 4.78 is 5.20. The van der Waals surface area contributed by atoms with E-state index in [9.17, 15) is 9.59 Å². The van der Waals surface area contributed by atoms with Crippen LogP contribution in [0.3, 0.4) is 0 Å². The van der Waals surface area contributed by atoms with Gasteiger partial charge in [0.15, 0.2) is 0 Å². The number of carbonyl (C=O) groups excluding carboxylic acids is 2. The average Bonchev–Trinajstić information content (AvgIpc) is 2.70. The molecule has 1 fully saturated rings. The van der Waals surface area contributed by atoms with Crippen LogP contribution in [0.15, 0.2) is 54.6 Å². The van der Waals surface area contributed by atoms with Gasteiger partial charge < -0.3 is 15.4 Å². The Morgan fingerprint density at radius 3 is 2.43 bits per heavy atom. The van der Waals surface area contributed by atoms with Gasteiger partial charge in [-0.05, 0) is 43.0 Å². The quantitative estimate of drug-likeness (QED) is 0.703. The molecule has 3 rings (SSSR count). The molecule has 7 heteroatoms. The number of amides is 2. The van der Waals surface area contributed by atoms with Gasteiger partial charge in [0.1, 0.15) is 5.75 Å². The maximum Gasteiger partial charge on any atom is 0.412 e. The zero-order valence-corrected chi connectivity index (χ0v) is 18.1. The van der Waals surface area contributed by atoms with Crippen LogP contribution in [0, 0.1) is 0 Å². The third kappa shape index (κ3) is 7.69. The average molecular weight is 432 g/mol. The Labute approximate surface area is 184 Å². The van der Waals surface area contributed by atoms with E-state index in [2.05, 4.69) is 39.8 Å². The van der Waals surface area contributed by atoms with Crippen LogP contribution in [0.5, 0.6) is 5.75 Å². The lowest BCUT2D eigenvalue weighted by molar-refractivity contribution is -0.121. The number of piperidine rings is 1. The number of benzene rings is 2. The van der Waals surface area contributed by atoms with Gasteiger partial charge in [-0.2, -0.15) is 0 Å². The largest absolute Gasteiger partial charge is 0.412 e. The molecule has 0 aromatic heterocycles. The van der Waals surface area contributed by atoms with E-state index >= 15 is 0 Å². The lowest BCUT2D eigenvalue weighted by Crippen LogP contribution is -2.44. The molecule has 2 aromatic carbocycles. The number of nitrogens with one attached hydrogen (secondary N) is 2. The highest BCUT2D eigenvalue weighted by Crippen LogP contribution is 2.16. The predicted octanol–water partition coefficient (Wildman–Crippen LogP) is 3.54. The molecular formula is C23H30ClN3O3. The summed E-state index contributed by atoms with van der Waals surface area (Å²) in [5.41, 5.74) is 2.15. The zero-order chi connectivity index (χ0) is 20.5. The topological polar surface area (TPSA) is 70.7 Å². The molecule has 1 aliphatic rings. The fourth-order valence-electron chi connectivity index (χ4n) is 3.55. The number of halogens is 1. The highest BCUT2D eigenvalue weighted by atomic mass is 35.5. The standard InChI is InChI=1S/C23H29N3O3.ClH/c1-2-24-23(28)29-21-10-6-9-19(15-21)16-22(27)25-20-11-13-26(14-12-20)17-18-7-4-3-5-8-18;/h3-10,15,20H,2,11-14,16-17H2,1H3,(H,24,28)(H,25,27);1H. The smallest absolute Gasteiger partial charge is 0.410 e. The van der Waals surface area contributed by atoms with Gasteiger partial charge in [-0.15, -0.1) is 12.4 Å². The molecule has 0 atom stereocenters. The SMILES string of the molecule is CCNC(=O)Oc1cccc(CC(=O)NC2CCN(Cc3ccccc3)CC2)c1.Cl. The second-order valence-corrected chi connectivity index (χ2v) is 7.35. The van der Waals surface area contributed by atoms with Crippen LogP contribution >= 0.6 is 12.4 Å². The van der Waals surface area contributed by atoms with E-state index < -0.39 is 6.09 Å². The molecular weight excluding hydrogens is 402 g/mol. The third-order valence-electron chi connectivity index (χ3n) is 5.00. The van der Waals surface area contributed by atoms with Crippen molar-refractivity contribution >= 4 is 24.4 Å². The van der Waals surface area contributed by atoms with Crippen molar-refractivity contribution in [3.05, 3.63) is 65.7 Å². The number of nitrogens with zero attached hydrogens (tertiary/aromatic N) is 1. The molecule has 0 bridgehead atoms. The first-order chi connectivity index (χ1) is 14.1. The van der Waals surface area contributed by atoms with Crippen LogP contribution in [0.4, 0.5) is 4.79 Å². The van der Waals surface area contributed by atoms with Crippen molar-refractivity contribution in [2.75, 3.05) is 19.6 Å². The van der Waals surface area contributed by atoms with E-state index in [1.807, 2.05) is 19.1 Å². The molecule has 0 spiro atoms. The molecule has 2 N–H and O–H groups in total. The first-order valence-electron chi connectivity index (χ1n) is 10.2. The summed E-state index contributed by atoms with van der Waals surface area (Å²) in [6.45, 7) is 5.25. The first-order valence-corrected chi connectivity index (χ1v) is 10.2. The first kappa shape index (κ1) is 23.7. The van der Waals surface area contributed by atoms with Crippen molar-refractivity contribution in [2.24, 2.45) is 0 Å². The van der Waals surface area contributed by atoms with Gasteiger partial charge in [0.2, 0.25) is 5.91 Å². The van der Waals surface area contributed by atoms with Crippen LogP contribution in [0.25, 0.3) is 0 Å². The van der Waals surface area contributed by atoms with Crippen LogP contribution in [0.1, 0.15) is 30.9 Å². The zero-order valence-electron chi connectivity index (χ0n) is 17.3. The van der Waals surface area contributed by atoms with Crippen molar-refractivity contribution in [3.63, 3.8) is 0 Å². The van der Waals surface area contributed by atoms with Crippen LogP contribution in [-0.2, 0) is 17.8 Å². The number of hydrogen-bond donors (Lipinski definition) is 2. The van der Waals surface area contributed by atoms with E-state index in [1.54, 1.807) is 18.2 Å². The Kier molecular flexibility index (Phi) is 9.64. The minimum absolute atomic E-state index is 0. The van der Waals surface area contributed by atoms with Crippen molar-refractivity contribution in [3.8, 4) is 5.75 Å². The molecule has 6 nitrogen and oxygen atoms in total. The molecule has 2 amide bonds. The Morgan fingerprint density at radius 2 is 1.73 bits per heavy atom. The number of hydrogen-bond acceptors (Lipinski definition) is 4. The molecule has 162 valence electrons. The van der Waals surface area contributed by atoms with E-state index in [0.717, 1.165) is 38.0 Å². The molecule has 0 unspecified atom stereocenters. The molecule has 1 aliphatic heterocycles. The van der Waals surface area contributed by atoms with Gasteiger partial charge in [-0.3, -0.25) is 9.69 Å². The van der Waals surface area contributed by atoms with Gasteiger partial charge in [-0.25, -0.2) is 4.79 Å². The predicted molar refractivity (Wildman–Crippen MR) is 120 cm³/mol. The van der Waals surface area contributed by atoms with Crippen LogP contribution in [-0.4, -0.2) is 42.6 Å². The highest BCUT2D eigenvalue weighted by molar-refractivity contribution is 5.85. The van der Waals surface area contributed by atoms with Gasteiger partial charge >= 0.3 is 6.09 Å². The Hall–Kier alpha value is -2.57. The summed E-state index contributed by atoms with van der Waals surface area (Å²) in [7, 11) is 0. The number of ether oxygens (including phenoxy) is 1. The van der Waals surface area contributed by atoms with Crippen LogP contribution < -0.4 is 15.4 Å². The van der Waals surface area contributed by atoms with E-state index in [4.69, 9.17) is 4.74 Å². The Morgan fingerprint density at radius 1 is 1.03 bits per heavy atom. The van der Waals surface area contributed by atoms with Gasteiger partial charge in [0.25, 0.3) is 0 Å². The van der Waals surface area contributed by atoms with Crippen molar-refractivity contribution in [1.29, 1.82) is 0 Å². The summed E-state index contributed by atoms with van der Waals surface area (Å²) in [5, 5.41) is 5.73.